The second kappa shape index (κ2) is 19.8. The highest BCUT2D eigenvalue weighted by Gasteiger charge is 2.62. The van der Waals surface area contributed by atoms with Crippen molar-refractivity contribution in [1.82, 2.24) is 14.8 Å². The van der Waals surface area contributed by atoms with Gasteiger partial charge in [0.2, 0.25) is 0 Å². The maximum absolute atomic E-state index is 14.8. The third kappa shape index (κ3) is 9.73. The number of methoxy groups -OCH3 is 1. The number of cyclic esters (lactones) is 1. The van der Waals surface area contributed by atoms with Crippen molar-refractivity contribution < 1.29 is 52.7 Å². The first kappa shape index (κ1) is 47.1. The van der Waals surface area contributed by atoms with E-state index in [-0.39, 0.29) is 50.3 Å². The summed E-state index contributed by atoms with van der Waals surface area (Å²) in [5.41, 5.74) is -0.759. The molecule has 3 saturated heterocycles. The van der Waals surface area contributed by atoms with E-state index in [2.05, 4.69) is 4.98 Å². The summed E-state index contributed by atoms with van der Waals surface area (Å²) in [5.74, 6) is -4.37. The normalized spacial score (nSPS) is 35.8. The van der Waals surface area contributed by atoms with Gasteiger partial charge in [0.05, 0.1) is 30.5 Å². The number of ether oxygens (including phenoxy) is 6. The minimum absolute atomic E-state index is 0.118. The second-order valence-electron chi connectivity index (χ2n) is 17.5. The first-order chi connectivity index (χ1) is 28.4. The SMILES string of the molecule is CC[C@H]1OC(=O)[C@H](C)C(=O)[C@H](C)[C@@H](OC2O[C@H](C)C[C@H](N(C)C)[C@H]2O)[C@](C)(OC)C[C@@H](C)C(=O)[C@H](C)[C@H]2N(CCCOc3cccc(-c4cccnc4)c3)C(=O)O[C@]12CC. The number of amides is 1. The molecule has 0 bridgehead atoms. The number of aromatic nitrogens is 1. The molecule has 332 valence electrons. The van der Waals surface area contributed by atoms with Crippen molar-refractivity contribution in [3.8, 4) is 16.9 Å². The van der Waals surface area contributed by atoms with E-state index < -0.39 is 83.4 Å². The quantitative estimate of drug-likeness (QED) is 0.148. The third-order valence-corrected chi connectivity index (χ3v) is 13.1. The average Bonchev–Trinajstić information content (AvgIpc) is 3.53. The van der Waals surface area contributed by atoms with Crippen molar-refractivity contribution in [1.29, 1.82) is 0 Å². The Morgan fingerprint density at radius 2 is 1.70 bits per heavy atom. The second-order valence-corrected chi connectivity index (χ2v) is 17.5. The van der Waals surface area contributed by atoms with Crippen molar-refractivity contribution >= 4 is 23.6 Å². The molecule has 0 aliphatic carbocycles. The zero-order chi connectivity index (χ0) is 44.1. The summed E-state index contributed by atoms with van der Waals surface area (Å²) in [4.78, 5) is 65.1. The summed E-state index contributed by atoms with van der Waals surface area (Å²) in [5, 5.41) is 11.5. The molecule has 0 saturated carbocycles. The molecule has 3 aliphatic rings. The van der Waals surface area contributed by atoms with Gasteiger partial charge in [-0.05, 0) is 90.7 Å². The molecule has 3 fully saturated rings. The van der Waals surface area contributed by atoms with Gasteiger partial charge in [-0.2, -0.15) is 0 Å². The molecule has 2 aromatic rings. The van der Waals surface area contributed by atoms with Gasteiger partial charge in [-0.15, -0.1) is 0 Å². The number of Topliss-reactive ketones (excluding diaryl/α,β-unsaturated/α-hetero) is 2. The summed E-state index contributed by atoms with van der Waals surface area (Å²) in [6.45, 7) is 14.6. The molecule has 1 amide bonds. The molecule has 3 aliphatic heterocycles. The van der Waals surface area contributed by atoms with Crippen LogP contribution in [0.4, 0.5) is 4.79 Å². The van der Waals surface area contributed by atoms with Crippen LogP contribution in [-0.4, -0.2) is 132 Å². The van der Waals surface area contributed by atoms with Gasteiger partial charge in [-0.3, -0.25) is 19.4 Å². The molecule has 0 spiro atoms. The first-order valence-electron chi connectivity index (χ1n) is 21.5. The Balaban J connectivity index is 1.46. The van der Waals surface area contributed by atoms with Crippen LogP contribution in [-0.2, 0) is 38.1 Å². The number of hydrogen-bond donors (Lipinski definition) is 1. The van der Waals surface area contributed by atoms with Crippen LogP contribution in [0.1, 0.15) is 87.5 Å². The molecule has 4 heterocycles. The first-order valence-corrected chi connectivity index (χ1v) is 21.5. The van der Waals surface area contributed by atoms with E-state index in [9.17, 15) is 24.3 Å². The molecule has 0 radical (unpaired) electrons. The van der Waals surface area contributed by atoms with E-state index in [1.165, 1.54) is 14.0 Å². The number of aliphatic hydroxyl groups is 1. The zero-order valence-electron chi connectivity index (χ0n) is 37.3. The van der Waals surface area contributed by atoms with Crippen molar-refractivity contribution in [2.75, 3.05) is 34.4 Å². The van der Waals surface area contributed by atoms with Crippen LogP contribution in [0, 0.1) is 23.7 Å². The molecule has 1 aromatic heterocycles. The summed E-state index contributed by atoms with van der Waals surface area (Å²) in [6, 6.07) is 10.4. The highest BCUT2D eigenvalue weighted by Crippen LogP contribution is 2.45. The van der Waals surface area contributed by atoms with Crippen molar-refractivity contribution in [3.63, 3.8) is 0 Å². The number of carbonyl (C=O) groups excluding carboxylic acids is 4. The van der Waals surface area contributed by atoms with Gasteiger partial charge in [0.25, 0.3) is 0 Å². The van der Waals surface area contributed by atoms with Crippen LogP contribution in [0.5, 0.6) is 5.75 Å². The number of benzene rings is 1. The topological polar surface area (TPSA) is 163 Å². The fourth-order valence-electron chi connectivity index (χ4n) is 9.72. The number of esters is 1. The number of ketones is 2. The Morgan fingerprint density at radius 1 is 0.983 bits per heavy atom. The van der Waals surface area contributed by atoms with E-state index in [1.807, 2.05) is 83.1 Å². The smallest absolute Gasteiger partial charge is 0.410 e. The lowest BCUT2D eigenvalue weighted by Gasteiger charge is -2.47. The number of pyridine rings is 1. The Kier molecular flexibility index (Phi) is 15.6. The number of aliphatic hydroxyl groups excluding tert-OH is 1. The van der Waals surface area contributed by atoms with Crippen LogP contribution in [0.15, 0.2) is 48.8 Å². The summed E-state index contributed by atoms with van der Waals surface area (Å²) in [7, 11) is 5.24. The summed E-state index contributed by atoms with van der Waals surface area (Å²) in [6.07, 6.45) is 0.0293. The summed E-state index contributed by atoms with van der Waals surface area (Å²) >= 11 is 0. The largest absolute Gasteiger partial charge is 0.494 e. The molecule has 14 nitrogen and oxygen atoms in total. The molecule has 14 heteroatoms. The Bertz CT molecular complexity index is 1800. The predicted molar refractivity (Wildman–Crippen MR) is 224 cm³/mol. The number of hydrogen-bond acceptors (Lipinski definition) is 13. The minimum Gasteiger partial charge on any atom is -0.494 e. The summed E-state index contributed by atoms with van der Waals surface area (Å²) < 4.78 is 37.6. The lowest BCUT2D eigenvalue weighted by molar-refractivity contribution is -0.295. The Hall–Kier alpha value is -3.95. The van der Waals surface area contributed by atoms with E-state index in [4.69, 9.17) is 28.4 Å². The highest BCUT2D eigenvalue weighted by atomic mass is 16.7. The number of nitrogens with zero attached hydrogens (tertiary/aromatic N) is 3. The molecule has 1 aromatic carbocycles. The molecular formula is C46H67N3O11. The van der Waals surface area contributed by atoms with Crippen LogP contribution >= 0.6 is 0 Å². The molecule has 1 unspecified atom stereocenters. The van der Waals surface area contributed by atoms with Gasteiger partial charge < -0.3 is 43.3 Å². The van der Waals surface area contributed by atoms with Crippen molar-refractivity contribution in [2.45, 2.75) is 141 Å². The Morgan fingerprint density at radius 3 is 2.33 bits per heavy atom. The molecule has 5 rings (SSSR count). The number of fused-ring (bicyclic) bond motifs is 1. The average molecular weight is 838 g/mol. The number of carbonyl (C=O) groups is 4. The van der Waals surface area contributed by atoms with Crippen LogP contribution in [0.3, 0.4) is 0 Å². The maximum Gasteiger partial charge on any atom is 0.410 e. The van der Waals surface area contributed by atoms with Gasteiger partial charge >= 0.3 is 12.1 Å². The van der Waals surface area contributed by atoms with Gasteiger partial charge in [-0.1, -0.05) is 52.8 Å². The van der Waals surface area contributed by atoms with Crippen LogP contribution in [0.2, 0.25) is 0 Å². The molecule has 13 atom stereocenters. The molecule has 60 heavy (non-hydrogen) atoms. The molecule has 1 N–H and O–H groups in total. The van der Waals surface area contributed by atoms with Gasteiger partial charge in [0, 0.05) is 55.4 Å². The maximum atomic E-state index is 14.8. The minimum atomic E-state index is -1.39. The van der Waals surface area contributed by atoms with Crippen LogP contribution < -0.4 is 4.74 Å². The van der Waals surface area contributed by atoms with Crippen molar-refractivity contribution in [3.05, 3.63) is 48.8 Å². The van der Waals surface area contributed by atoms with E-state index in [0.717, 1.165) is 11.1 Å². The fourth-order valence-corrected chi connectivity index (χ4v) is 9.72. The van der Waals surface area contributed by atoms with Crippen molar-refractivity contribution in [2.24, 2.45) is 23.7 Å². The van der Waals surface area contributed by atoms with Gasteiger partial charge in [-0.25, -0.2) is 4.79 Å². The predicted octanol–water partition coefficient (Wildman–Crippen LogP) is 6.11. The molecular weight excluding hydrogens is 771 g/mol. The van der Waals surface area contributed by atoms with E-state index in [0.29, 0.717) is 18.6 Å². The fraction of sp³-hybridized carbons (Fsp3) is 0.674. The highest BCUT2D eigenvalue weighted by molar-refractivity contribution is 6.00. The Labute approximate surface area is 355 Å². The van der Waals surface area contributed by atoms with E-state index >= 15 is 0 Å². The lowest BCUT2D eigenvalue weighted by atomic mass is 9.72. The lowest BCUT2D eigenvalue weighted by Crippen LogP contribution is -2.61. The van der Waals surface area contributed by atoms with Crippen LogP contribution in [0.25, 0.3) is 11.1 Å². The van der Waals surface area contributed by atoms with E-state index in [1.54, 1.807) is 38.1 Å². The van der Waals surface area contributed by atoms with Gasteiger partial charge in [0.15, 0.2) is 17.7 Å². The third-order valence-electron chi connectivity index (χ3n) is 13.1. The zero-order valence-corrected chi connectivity index (χ0v) is 37.3. The monoisotopic (exact) mass is 837 g/mol. The van der Waals surface area contributed by atoms with Gasteiger partial charge in [0.1, 0.15) is 29.7 Å². The number of likely N-dealkylation sites (N-methyl/N-ethyl adjacent to an activating group) is 1. The number of rotatable bonds is 12. The standard InChI is InChI=1S/C46H67N3O11/c1-12-36-46(13-2)40(49(44(54)60-46)21-16-22-56-34-19-14-17-32(24-34)33-18-15-20-47-26-33)29(5)37(50)27(3)25-45(8,55-11)41(30(6)38(51)31(7)42(53)58-36)59-43-39(52)35(48(9)10)23-28(4)57-43/h14-15,17-20,24,26-31,35-36,39-41,43,52H,12-13,16,21-23,25H2,1-11H3/t27-,28-,29+,30+,31-,35+,36-,39-,40-,41-,43?,45-,46-/m1/s1.